The zero-order chi connectivity index (χ0) is 22.9. The summed E-state index contributed by atoms with van der Waals surface area (Å²) >= 11 is 1.11. The summed E-state index contributed by atoms with van der Waals surface area (Å²) in [4.78, 5) is 43.5. The number of ether oxygens (including phenoxy) is 1. The molecule has 3 aromatic heterocycles. The number of ketones is 1. The molecule has 8 heteroatoms. The Balaban J connectivity index is 1.40. The highest BCUT2D eigenvalue weighted by Gasteiger charge is 2.22. The standard InChI is InChI=1S/C25H18N2O5S/c1-15-21-23(33-22(15)25(30)31-13-16-7-3-2-4-8-16)26-14-27(24(21)29)12-18(28)20-11-17-9-5-6-10-19(17)32-20/h2-11,14H,12-13H2,1H3. The second-order valence-corrected chi connectivity index (χ2v) is 8.55. The molecule has 0 N–H and O–H groups in total. The largest absolute Gasteiger partial charge is 0.457 e. The number of carbonyl (C=O) groups is 2. The number of aromatic nitrogens is 2. The first-order valence-corrected chi connectivity index (χ1v) is 11.0. The van der Waals surface area contributed by atoms with Gasteiger partial charge in [-0.1, -0.05) is 48.5 Å². The lowest BCUT2D eigenvalue weighted by molar-refractivity contribution is 0.0477. The van der Waals surface area contributed by atoms with Crippen molar-refractivity contribution in [2.75, 3.05) is 0 Å². The second kappa shape index (κ2) is 8.48. The lowest BCUT2D eigenvalue weighted by Crippen LogP contribution is -2.24. The molecule has 0 aliphatic heterocycles. The number of hydrogen-bond acceptors (Lipinski definition) is 7. The van der Waals surface area contributed by atoms with Crippen LogP contribution in [0.4, 0.5) is 0 Å². The highest BCUT2D eigenvalue weighted by Crippen LogP contribution is 2.28. The number of para-hydroxylation sites is 1. The highest BCUT2D eigenvalue weighted by molar-refractivity contribution is 7.20. The molecule has 0 bridgehead atoms. The topological polar surface area (TPSA) is 91.4 Å². The van der Waals surface area contributed by atoms with Gasteiger partial charge in [0, 0.05) is 5.39 Å². The zero-order valence-corrected chi connectivity index (χ0v) is 18.4. The Hall–Kier alpha value is -4.04. The Labute approximate surface area is 191 Å². The van der Waals surface area contributed by atoms with Crippen LogP contribution in [0.25, 0.3) is 21.2 Å². The number of Topliss-reactive ketones (excluding diaryl/α,β-unsaturated/α-hetero) is 1. The van der Waals surface area contributed by atoms with Gasteiger partial charge in [-0.3, -0.25) is 14.2 Å². The maximum atomic E-state index is 13.1. The van der Waals surface area contributed by atoms with E-state index in [2.05, 4.69) is 4.98 Å². The third-order valence-corrected chi connectivity index (χ3v) is 6.51. The van der Waals surface area contributed by atoms with Crippen LogP contribution in [0, 0.1) is 6.92 Å². The molecule has 33 heavy (non-hydrogen) atoms. The van der Waals surface area contributed by atoms with Gasteiger partial charge in [-0.2, -0.15) is 0 Å². The predicted octanol–water partition coefficient (Wildman–Crippen LogP) is 4.75. The Morgan fingerprint density at radius 3 is 2.64 bits per heavy atom. The number of benzene rings is 2. The third-order valence-electron chi connectivity index (χ3n) is 5.33. The minimum Gasteiger partial charge on any atom is -0.457 e. The minimum atomic E-state index is -0.511. The van der Waals surface area contributed by atoms with Crippen LogP contribution in [0.3, 0.4) is 0 Å². The van der Waals surface area contributed by atoms with E-state index in [9.17, 15) is 14.4 Å². The van der Waals surface area contributed by atoms with Gasteiger partial charge in [-0.05, 0) is 30.2 Å². The SMILES string of the molecule is Cc1c(C(=O)OCc2ccccc2)sc2ncn(CC(=O)c3cc4ccccc4o3)c(=O)c12. The minimum absolute atomic E-state index is 0.136. The third kappa shape index (κ3) is 3.96. The van der Waals surface area contributed by atoms with Crippen LogP contribution in [0.2, 0.25) is 0 Å². The van der Waals surface area contributed by atoms with E-state index >= 15 is 0 Å². The predicted molar refractivity (Wildman–Crippen MR) is 125 cm³/mol. The van der Waals surface area contributed by atoms with Gasteiger partial charge in [0.15, 0.2) is 5.76 Å². The van der Waals surface area contributed by atoms with Crippen molar-refractivity contribution < 1.29 is 18.7 Å². The summed E-state index contributed by atoms with van der Waals surface area (Å²) in [7, 11) is 0. The Bertz CT molecular complexity index is 1530. The molecule has 164 valence electrons. The molecule has 2 aromatic carbocycles. The van der Waals surface area contributed by atoms with E-state index in [1.807, 2.05) is 48.5 Å². The summed E-state index contributed by atoms with van der Waals surface area (Å²) in [5.41, 5.74) is 1.58. The van der Waals surface area contributed by atoms with Gasteiger partial charge in [0.25, 0.3) is 5.56 Å². The number of esters is 1. The first-order chi connectivity index (χ1) is 16.0. The average molecular weight is 458 g/mol. The molecule has 0 saturated heterocycles. The number of carbonyl (C=O) groups excluding carboxylic acids is 2. The number of fused-ring (bicyclic) bond motifs is 2. The van der Waals surface area contributed by atoms with Gasteiger partial charge in [0.05, 0.1) is 18.3 Å². The van der Waals surface area contributed by atoms with Crippen molar-refractivity contribution in [2.24, 2.45) is 0 Å². The summed E-state index contributed by atoms with van der Waals surface area (Å²) in [5, 5.41) is 1.13. The molecular formula is C25H18N2O5S. The maximum Gasteiger partial charge on any atom is 0.349 e. The van der Waals surface area contributed by atoms with Crippen molar-refractivity contribution in [3.63, 3.8) is 0 Å². The lowest BCUT2D eigenvalue weighted by Gasteiger charge is -2.04. The average Bonchev–Trinajstić information content (AvgIpc) is 3.42. The van der Waals surface area contributed by atoms with E-state index in [1.54, 1.807) is 19.1 Å². The van der Waals surface area contributed by atoms with Crippen LogP contribution in [0.15, 0.2) is 76.2 Å². The Morgan fingerprint density at radius 2 is 1.85 bits per heavy atom. The number of thiophene rings is 1. The molecule has 0 saturated carbocycles. The van der Waals surface area contributed by atoms with Gasteiger partial charge in [0.2, 0.25) is 5.78 Å². The van der Waals surface area contributed by atoms with E-state index in [1.165, 1.54) is 10.9 Å². The van der Waals surface area contributed by atoms with Crippen molar-refractivity contribution in [3.05, 3.63) is 99.1 Å². The molecular weight excluding hydrogens is 440 g/mol. The molecule has 0 aliphatic carbocycles. The molecule has 0 aliphatic rings. The summed E-state index contributed by atoms with van der Waals surface area (Å²) in [5.74, 6) is -0.677. The van der Waals surface area contributed by atoms with Gasteiger partial charge in [0.1, 0.15) is 21.9 Å². The molecule has 0 unspecified atom stereocenters. The van der Waals surface area contributed by atoms with Gasteiger partial charge >= 0.3 is 5.97 Å². The molecule has 0 atom stereocenters. The summed E-state index contributed by atoms with van der Waals surface area (Å²) in [6.45, 7) is 1.61. The number of rotatable bonds is 6. The fraction of sp³-hybridized carbons (Fsp3) is 0.120. The van der Waals surface area contributed by atoms with Crippen LogP contribution in [0.5, 0.6) is 0 Å². The zero-order valence-electron chi connectivity index (χ0n) is 17.6. The van der Waals surface area contributed by atoms with Crippen molar-refractivity contribution in [2.45, 2.75) is 20.1 Å². The van der Waals surface area contributed by atoms with Crippen LogP contribution < -0.4 is 5.56 Å². The van der Waals surface area contributed by atoms with Crippen LogP contribution in [0.1, 0.15) is 31.4 Å². The van der Waals surface area contributed by atoms with Crippen molar-refractivity contribution >= 4 is 44.3 Å². The summed E-state index contributed by atoms with van der Waals surface area (Å²) in [6, 6.07) is 18.3. The first kappa shape index (κ1) is 20.8. The molecule has 5 rings (SSSR count). The van der Waals surface area contributed by atoms with E-state index in [0.717, 1.165) is 22.3 Å². The van der Waals surface area contributed by atoms with Gasteiger partial charge in [-0.25, -0.2) is 9.78 Å². The number of nitrogens with zero attached hydrogens (tertiary/aromatic N) is 2. The Morgan fingerprint density at radius 1 is 1.09 bits per heavy atom. The molecule has 0 amide bonds. The first-order valence-electron chi connectivity index (χ1n) is 10.2. The number of hydrogen-bond donors (Lipinski definition) is 0. The monoisotopic (exact) mass is 458 g/mol. The van der Waals surface area contributed by atoms with Crippen LogP contribution in [-0.2, 0) is 17.9 Å². The van der Waals surface area contributed by atoms with Crippen molar-refractivity contribution in [3.8, 4) is 0 Å². The maximum absolute atomic E-state index is 13.1. The number of aryl methyl sites for hydroxylation is 1. The van der Waals surface area contributed by atoms with E-state index in [0.29, 0.717) is 26.2 Å². The quantitative estimate of drug-likeness (QED) is 0.269. The second-order valence-electron chi connectivity index (χ2n) is 7.55. The molecule has 5 aromatic rings. The van der Waals surface area contributed by atoms with E-state index in [-0.39, 0.29) is 30.3 Å². The lowest BCUT2D eigenvalue weighted by atomic mass is 10.2. The molecule has 0 fully saturated rings. The summed E-state index contributed by atoms with van der Waals surface area (Å²) < 4.78 is 12.3. The molecule has 7 nitrogen and oxygen atoms in total. The van der Waals surface area contributed by atoms with Crippen LogP contribution in [-0.4, -0.2) is 21.3 Å². The molecule has 3 heterocycles. The van der Waals surface area contributed by atoms with Gasteiger partial charge < -0.3 is 9.15 Å². The van der Waals surface area contributed by atoms with Crippen molar-refractivity contribution in [1.29, 1.82) is 0 Å². The highest BCUT2D eigenvalue weighted by atomic mass is 32.1. The van der Waals surface area contributed by atoms with E-state index < -0.39 is 5.97 Å². The fourth-order valence-corrected chi connectivity index (χ4v) is 4.64. The van der Waals surface area contributed by atoms with E-state index in [4.69, 9.17) is 9.15 Å². The number of furan rings is 1. The normalized spacial score (nSPS) is 11.2. The molecule has 0 radical (unpaired) electrons. The Kier molecular flexibility index (Phi) is 5.35. The smallest absolute Gasteiger partial charge is 0.349 e. The molecule has 0 spiro atoms. The summed E-state index contributed by atoms with van der Waals surface area (Å²) in [6.07, 6.45) is 1.32. The van der Waals surface area contributed by atoms with Gasteiger partial charge in [-0.15, -0.1) is 11.3 Å². The van der Waals surface area contributed by atoms with Crippen molar-refractivity contribution in [1.82, 2.24) is 9.55 Å². The fourth-order valence-electron chi connectivity index (χ4n) is 3.61. The van der Waals surface area contributed by atoms with Crippen LogP contribution >= 0.6 is 11.3 Å².